The summed E-state index contributed by atoms with van der Waals surface area (Å²) in [4.78, 5) is 0. The molecular weight excluding hydrogens is 318 g/mol. The molecule has 4 saturated carbocycles. The van der Waals surface area contributed by atoms with Crippen molar-refractivity contribution >= 4 is 12.0 Å². The maximum atomic E-state index is 13.4. The molecule has 4 rings (SSSR count). The lowest BCUT2D eigenvalue weighted by Gasteiger charge is -2.61. The second-order valence-electron chi connectivity index (χ2n) is 7.47. The lowest BCUT2D eigenvalue weighted by molar-refractivity contribution is -0.777. The largest absolute Gasteiger partial charge is 0.691 e. The van der Waals surface area contributed by atoms with E-state index in [0.717, 1.165) is 32.1 Å². The van der Waals surface area contributed by atoms with E-state index in [1.165, 1.54) is 6.42 Å². The van der Waals surface area contributed by atoms with Gasteiger partial charge in [0.25, 0.3) is 0 Å². The van der Waals surface area contributed by atoms with Gasteiger partial charge in [0.1, 0.15) is 18.6 Å². The summed E-state index contributed by atoms with van der Waals surface area (Å²) in [6, 6.07) is 0. The highest BCUT2D eigenvalue weighted by Gasteiger charge is 2.57. The van der Waals surface area contributed by atoms with E-state index in [4.69, 9.17) is 4.74 Å². The van der Waals surface area contributed by atoms with Gasteiger partial charge in [0.15, 0.2) is 0 Å². The summed E-state index contributed by atoms with van der Waals surface area (Å²) < 4.78 is 35.7. The summed E-state index contributed by atoms with van der Waals surface area (Å²) in [7, 11) is 0. The molecular formula is C14H21F2O5S-. The van der Waals surface area contributed by atoms with Crippen molar-refractivity contribution in [3.8, 4) is 0 Å². The van der Waals surface area contributed by atoms with Crippen LogP contribution >= 0.6 is 12.0 Å². The van der Waals surface area contributed by atoms with Crippen LogP contribution in [0.25, 0.3) is 0 Å². The maximum absolute atomic E-state index is 13.4. The Kier molecular flexibility index (Phi) is 4.70. The van der Waals surface area contributed by atoms with Gasteiger partial charge >= 0.3 is 5.25 Å². The second-order valence-corrected chi connectivity index (χ2v) is 8.37. The van der Waals surface area contributed by atoms with E-state index < -0.39 is 11.9 Å². The van der Waals surface area contributed by atoms with Crippen LogP contribution in [-0.2, 0) is 14.1 Å². The molecule has 1 N–H and O–H groups in total. The number of hydrogen-bond donors (Lipinski definition) is 1. The molecule has 128 valence electrons. The summed E-state index contributed by atoms with van der Waals surface area (Å²) in [5, 5.41) is 19.0. The molecule has 4 fully saturated rings. The summed E-state index contributed by atoms with van der Waals surface area (Å²) in [5.41, 5.74) is -0.104. The molecule has 4 bridgehead atoms. The monoisotopic (exact) mass is 339 g/mol. The second kappa shape index (κ2) is 6.14. The molecule has 0 aliphatic heterocycles. The van der Waals surface area contributed by atoms with Crippen LogP contribution in [0.1, 0.15) is 38.5 Å². The van der Waals surface area contributed by atoms with Crippen molar-refractivity contribution in [2.75, 3.05) is 19.8 Å². The van der Waals surface area contributed by atoms with Gasteiger partial charge < -0.3 is 15.1 Å². The van der Waals surface area contributed by atoms with E-state index >= 15 is 0 Å². The van der Waals surface area contributed by atoms with Gasteiger partial charge in [0.05, 0.1) is 6.61 Å². The van der Waals surface area contributed by atoms with Crippen molar-refractivity contribution in [3.63, 3.8) is 0 Å². The Bertz CT molecular complexity index is 395. The zero-order valence-electron chi connectivity index (χ0n) is 12.3. The first-order valence-corrected chi connectivity index (χ1v) is 8.35. The van der Waals surface area contributed by atoms with Crippen LogP contribution in [0.3, 0.4) is 0 Å². The van der Waals surface area contributed by atoms with Crippen LogP contribution in [0.15, 0.2) is 0 Å². The normalized spacial score (nSPS) is 40.4. The van der Waals surface area contributed by atoms with E-state index in [2.05, 4.69) is 9.37 Å². The standard InChI is InChI=1S/C14H22F2O5S/c15-14(16,22-21-20-18)9-19-8-13-4-10-1-11(5-13)3-12(2-10,6-13)7-17/h10-11,17-18H,1-9H2/p-1. The SMILES string of the molecule is [O-]OOSC(F)(F)COCC12CC3CC(CC(CO)(C3)C1)C2. The molecule has 0 spiro atoms. The van der Waals surface area contributed by atoms with Gasteiger partial charge in [-0.05, 0) is 61.2 Å². The van der Waals surface area contributed by atoms with E-state index in [-0.39, 0.29) is 36.1 Å². The summed E-state index contributed by atoms with van der Waals surface area (Å²) in [6.07, 6.45) is 6.19. The Morgan fingerprint density at radius 1 is 1.18 bits per heavy atom. The van der Waals surface area contributed by atoms with Crippen LogP contribution in [0.4, 0.5) is 8.78 Å². The lowest BCUT2D eigenvalue weighted by Crippen LogP contribution is -2.55. The third-order valence-corrected chi connectivity index (χ3v) is 5.99. The van der Waals surface area contributed by atoms with E-state index in [0.29, 0.717) is 11.8 Å². The Morgan fingerprint density at radius 3 is 2.41 bits per heavy atom. The Labute approximate surface area is 132 Å². The van der Waals surface area contributed by atoms with Crippen LogP contribution in [-0.4, -0.2) is 30.2 Å². The molecule has 4 aliphatic rings. The number of aliphatic hydroxyl groups is 1. The fourth-order valence-electron chi connectivity index (χ4n) is 5.48. The van der Waals surface area contributed by atoms with Gasteiger partial charge in [0.2, 0.25) is 0 Å². The Balaban J connectivity index is 1.56. The average molecular weight is 339 g/mol. The zero-order chi connectivity index (χ0) is 15.8. The van der Waals surface area contributed by atoms with E-state index in [1.54, 1.807) is 0 Å². The van der Waals surface area contributed by atoms with Crippen LogP contribution in [0.5, 0.6) is 0 Å². The molecule has 0 aromatic rings. The first kappa shape index (κ1) is 16.9. The predicted molar refractivity (Wildman–Crippen MR) is 72.2 cm³/mol. The smallest absolute Gasteiger partial charge is 0.343 e. The number of alkyl halides is 2. The molecule has 0 aromatic carbocycles. The fourth-order valence-corrected chi connectivity index (χ4v) is 5.74. The lowest BCUT2D eigenvalue weighted by atomic mass is 9.44. The van der Waals surface area contributed by atoms with Crippen molar-refractivity contribution in [2.24, 2.45) is 22.7 Å². The van der Waals surface area contributed by atoms with Crippen molar-refractivity contribution in [2.45, 2.75) is 43.8 Å². The molecule has 0 heterocycles. The first-order chi connectivity index (χ1) is 10.4. The highest BCUT2D eigenvalue weighted by atomic mass is 32.2. The molecule has 0 aromatic heterocycles. The number of halogens is 2. The van der Waals surface area contributed by atoms with Gasteiger partial charge in [-0.25, -0.2) is 0 Å². The molecule has 0 saturated heterocycles. The quantitative estimate of drug-likeness (QED) is 0.415. The average Bonchev–Trinajstić information content (AvgIpc) is 2.43. The molecule has 2 atom stereocenters. The van der Waals surface area contributed by atoms with Gasteiger partial charge in [-0.2, -0.15) is 13.1 Å². The Morgan fingerprint density at radius 2 is 1.82 bits per heavy atom. The predicted octanol–water partition coefficient (Wildman–Crippen LogP) is 2.05. The van der Waals surface area contributed by atoms with Crippen LogP contribution in [0, 0.1) is 22.7 Å². The first-order valence-electron chi connectivity index (χ1n) is 7.61. The number of aliphatic hydroxyl groups excluding tert-OH is 1. The fraction of sp³-hybridized carbons (Fsp3) is 1.00. The van der Waals surface area contributed by atoms with Crippen LogP contribution < -0.4 is 5.26 Å². The molecule has 4 aliphatic carbocycles. The Hall–Kier alpha value is 0.01000. The number of hydrogen-bond acceptors (Lipinski definition) is 6. The molecule has 22 heavy (non-hydrogen) atoms. The van der Waals surface area contributed by atoms with E-state index in [1.807, 2.05) is 0 Å². The minimum absolute atomic E-state index is 0.0236. The molecule has 0 amide bonds. The summed E-state index contributed by atoms with van der Waals surface area (Å²) >= 11 is -0.334. The van der Waals surface area contributed by atoms with Crippen molar-refractivity contribution in [1.29, 1.82) is 0 Å². The number of rotatable bonds is 8. The molecule has 5 nitrogen and oxygen atoms in total. The minimum Gasteiger partial charge on any atom is -0.691 e. The minimum atomic E-state index is -3.32. The van der Waals surface area contributed by atoms with E-state index in [9.17, 15) is 19.1 Å². The van der Waals surface area contributed by atoms with Crippen molar-refractivity contribution in [3.05, 3.63) is 0 Å². The van der Waals surface area contributed by atoms with Gasteiger partial charge in [-0.1, -0.05) is 0 Å². The summed E-state index contributed by atoms with van der Waals surface area (Å²) in [6.45, 7) is -0.358. The van der Waals surface area contributed by atoms with Crippen LogP contribution in [0.2, 0.25) is 0 Å². The van der Waals surface area contributed by atoms with Gasteiger partial charge in [-0.15, -0.1) is 0 Å². The van der Waals surface area contributed by atoms with Crippen molar-refractivity contribution in [1.82, 2.24) is 0 Å². The summed E-state index contributed by atoms with van der Waals surface area (Å²) in [5.74, 6) is 1.17. The third-order valence-electron chi connectivity index (χ3n) is 5.50. The molecule has 2 unspecified atom stereocenters. The highest BCUT2D eigenvalue weighted by molar-refractivity contribution is 7.95. The van der Waals surface area contributed by atoms with Gasteiger partial charge in [-0.3, -0.25) is 5.04 Å². The topological polar surface area (TPSA) is 71.0 Å². The van der Waals surface area contributed by atoms with Gasteiger partial charge in [0, 0.05) is 6.61 Å². The third kappa shape index (κ3) is 3.42. The molecule has 0 radical (unpaired) electrons. The molecule has 8 heteroatoms. The highest BCUT2D eigenvalue weighted by Crippen LogP contribution is 2.65. The maximum Gasteiger partial charge on any atom is 0.343 e. The zero-order valence-corrected chi connectivity index (χ0v) is 13.1. The van der Waals surface area contributed by atoms with Crippen molar-refractivity contribution < 1.29 is 33.3 Å². The number of ether oxygens (including phenoxy) is 1.